The minimum Gasteiger partial charge on any atom is -0.375 e. The topological polar surface area (TPSA) is 68.3 Å². The van der Waals surface area contributed by atoms with Gasteiger partial charge in [-0.15, -0.1) is 0 Å². The average molecular weight is 274 g/mol. The Kier molecular flexibility index (Phi) is 4.77. The number of hydrogen-bond acceptors (Lipinski definition) is 4. The van der Waals surface area contributed by atoms with Gasteiger partial charge in [0.2, 0.25) is 0 Å². The highest BCUT2D eigenvalue weighted by molar-refractivity contribution is 5.30. The first kappa shape index (κ1) is 15.0. The molecular weight excluding hydrogens is 252 g/mol. The van der Waals surface area contributed by atoms with Gasteiger partial charge in [-0.3, -0.25) is 0 Å². The van der Waals surface area contributed by atoms with Crippen molar-refractivity contribution in [3.8, 4) is 6.07 Å². The van der Waals surface area contributed by atoms with Crippen LogP contribution < -0.4 is 5.73 Å². The van der Waals surface area contributed by atoms with Crippen LogP contribution in [0.5, 0.6) is 0 Å². The molecule has 108 valence electrons. The number of benzene rings is 1. The molecule has 0 radical (unpaired) electrons. The number of hydrogen-bond donors (Lipinski definition) is 1. The van der Waals surface area contributed by atoms with Gasteiger partial charge in [-0.1, -0.05) is 30.3 Å². The lowest BCUT2D eigenvalue weighted by molar-refractivity contribution is -0.106. The van der Waals surface area contributed by atoms with Crippen molar-refractivity contribution in [2.75, 3.05) is 6.61 Å². The van der Waals surface area contributed by atoms with E-state index < -0.39 is 5.54 Å². The largest absolute Gasteiger partial charge is 0.375 e. The van der Waals surface area contributed by atoms with Gasteiger partial charge in [-0.05, 0) is 32.3 Å². The molecule has 1 heterocycles. The van der Waals surface area contributed by atoms with Crippen molar-refractivity contribution >= 4 is 0 Å². The van der Waals surface area contributed by atoms with Crippen LogP contribution in [-0.4, -0.2) is 24.9 Å². The summed E-state index contributed by atoms with van der Waals surface area (Å²) < 4.78 is 11.6. The number of ether oxygens (including phenoxy) is 2. The molecule has 0 aromatic heterocycles. The van der Waals surface area contributed by atoms with Gasteiger partial charge in [0, 0.05) is 0 Å². The Morgan fingerprint density at radius 3 is 2.45 bits per heavy atom. The van der Waals surface area contributed by atoms with Crippen LogP contribution >= 0.6 is 0 Å². The van der Waals surface area contributed by atoms with E-state index in [-0.39, 0.29) is 24.9 Å². The second kappa shape index (κ2) is 6.36. The zero-order valence-electron chi connectivity index (χ0n) is 12.1. The fourth-order valence-corrected chi connectivity index (χ4v) is 2.65. The highest BCUT2D eigenvalue weighted by Gasteiger charge is 2.31. The maximum atomic E-state index is 9.39. The minimum absolute atomic E-state index is 0.105. The number of nitriles is 1. The van der Waals surface area contributed by atoms with Crippen molar-refractivity contribution in [3.05, 3.63) is 35.9 Å². The van der Waals surface area contributed by atoms with Crippen LogP contribution in [0.2, 0.25) is 0 Å². The fraction of sp³-hybridized carbons (Fsp3) is 0.562. The van der Waals surface area contributed by atoms with E-state index in [1.54, 1.807) is 0 Å². The lowest BCUT2D eigenvalue weighted by atomic mass is 9.93. The van der Waals surface area contributed by atoms with E-state index in [1.807, 2.05) is 44.2 Å². The molecule has 1 saturated heterocycles. The molecule has 1 fully saturated rings. The minimum atomic E-state index is -1.09. The molecule has 3 unspecified atom stereocenters. The van der Waals surface area contributed by atoms with E-state index in [2.05, 4.69) is 6.07 Å². The summed E-state index contributed by atoms with van der Waals surface area (Å²) in [7, 11) is 0. The third-order valence-electron chi connectivity index (χ3n) is 3.69. The summed E-state index contributed by atoms with van der Waals surface area (Å²) in [5, 5.41) is 9.39. The van der Waals surface area contributed by atoms with Crippen LogP contribution in [0.15, 0.2) is 30.3 Å². The Bertz CT molecular complexity index is 461. The van der Waals surface area contributed by atoms with E-state index >= 15 is 0 Å². The van der Waals surface area contributed by atoms with Gasteiger partial charge in [0.05, 0.1) is 31.0 Å². The lowest BCUT2D eigenvalue weighted by Gasteiger charge is -2.33. The number of nitrogens with zero attached hydrogens (tertiary/aromatic N) is 1. The third kappa shape index (κ3) is 3.57. The standard InChI is InChI=1S/C16H22N2O2/c1-12-8-15(9-13(2)20-12)19-11-16(18,10-17)14-6-4-3-5-7-14/h3-7,12-13,15H,8-9,11,18H2,1-2H3. The summed E-state index contributed by atoms with van der Waals surface area (Å²) in [5.41, 5.74) is 5.88. The Hall–Kier alpha value is -1.41. The summed E-state index contributed by atoms with van der Waals surface area (Å²) in [4.78, 5) is 0. The molecule has 2 N–H and O–H groups in total. The first-order chi connectivity index (χ1) is 9.53. The Morgan fingerprint density at radius 1 is 1.30 bits per heavy atom. The van der Waals surface area contributed by atoms with Gasteiger partial charge in [0.25, 0.3) is 0 Å². The maximum absolute atomic E-state index is 9.39. The first-order valence-corrected chi connectivity index (χ1v) is 7.06. The SMILES string of the molecule is CC1CC(OCC(N)(C#N)c2ccccc2)CC(C)O1. The van der Waals surface area contributed by atoms with Crippen molar-refractivity contribution in [3.63, 3.8) is 0 Å². The van der Waals surface area contributed by atoms with E-state index in [0.29, 0.717) is 0 Å². The molecule has 3 atom stereocenters. The Morgan fingerprint density at radius 2 is 1.90 bits per heavy atom. The zero-order chi connectivity index (χ0) is 14.6. The number of nitrogens with two attached hydrogens (primary N) is 1. The predicted molar refractivity (Wildman–Crippen MR) is 76.9 cm³/mol. The molecule has 1 aliphatic heterocycles. The van der Waals surface area contributed by atoms with E-state index in [4.69, 9.17) is 15.2 Å². The van der Waals surface area contributed by atoms with E-state index in [9.17, 15) is 5.26 Å². The van der Waals surface area contributed by atoms with Crippen molar-refractivity contribution in [2.24, 2.45) is 5.73 Å². The third-order valence-corrected chi connectivity index (χ3v) is 3.69. The van der Waals surface area contributed by atoms with Crippen molar-refractivity contribution in [1.29, 1.82) is 5.26 Å². The Labute approximate surface area is 120 Å². The van der Waals surface area contributed by atoms with Crippen LogP contribution in [0.1, 0.15) is 32.3 Å². The quantitative estimate of drug-likeness (QED) is 0.915. The van der Waals surface area contributed by atoms with Gasteiger partial charge >= 0.3 is 0 Å². The van der Waals surface area contributed by atoms with Gasteiger partial charge in [-0.25, -0.2) is 0 Å². The predicted octanol–water partition coefficient (Wildman–Crippen LogP) is 2.34. The van der Waals surface area contributed by atoms with Crippen LogP contribution in [0.3, 0.4) is 0 Å². The van der Waals surface area contributed by atoms with Crippen LogP contribution in [0.4, 0.5) is 0 Å². The molecule has 20 heavy (non-hydrogen) atoms. The molecule has 4 nitrogen and oxygen atoms in total. The molecule has 0 bridgehead atoms. The zero-order valence-corrected chi connectivity index (χ0v) is 12.1. The molecule has 2 rings (SSSR count). The molecule has 0 aliphatic carbocycles. The molecule has 1 aromatic carbocycles. The first-order valence-electron chi connectivity index (χ1n) is 7.06. The summed E-state index contributed by atoms with van der Waals surface area (Å²) in [5.74, 6) is 0. The van der Waals surface area contributed by atoms with E-state index in [1.165, 1.54) is 0 Å². The summed E-state index contributed by atoms with van der Waals surface area (Å²) >= 11 is 0. The second-order valence-electron chi connectivity index (χ2n) is 5.61. The molecular formula is C16H22N2O2. The average Bonchev–Trinajstić information content (AvgIpc) is 2.45. The van der Waals surface area contributed by atoms with Crippen LogP contribution in [0.25, 0.3) is 0 Å². The molecule has 0 saturated carbocycles. The number of rotatable bonds is 4. The molecule has 0 amide bonds. The van der Waals surface area contributed by atoms with Gasteiger partial charge in [0.1, 0.15) is 0 Å². The molecule has 4 heteroatoms. The molecule has 1 aromatic rings. The van der Waals surface area contributed by atoms with Gasteiger partial charge < -0.3 is 15.2 Å². The second-order valence-corrected chi connectivity index (χ2v) is 5.61. The monoisotopic (exact) mass is 274 g/mol. The van der Waals surface area contributed by atoms with Crippen molar-refractivity contribution in [1.82, 2.24) is 0 Å². The highest BCUT2D eigenvalue weighted by Crippen LogP contribution is 2.24. The summed E-state index contributed by atoms with van der Waals surface area (Å²) in [6, 6.07) is 11.6. The smallest absolute Gasteiger partial charge is 0.153 e. The highest BCUT2D eigenvalue weighted by atomic mass is 16.5. The summed E-state index contributed by atoms with van der Waals surface area (Å²) in [6.45, 7) is 4.30. The van der Waals surface area contributed by atoms with Crippen LogP contribution in [0, 0.1) is 11.3 Å². The van der Waals surface area contributed by atoms with Gasteiger partial charge in [-0.2, -0.15) is 5.26 Å². The molecule has 1 aliphatic rings. The summed E-state index contributed by atoms with van der Waals surface area (Å²) in [6.07, 6.45) is 2.18. The molecule has 0 spiro atoms. The maximum Gasteiger partial charge on any atom is 0.153 e. The van der Waals surface area contributed by atoms with Crippen molar-refractivity contribution in [2.45, 2.75) is 50.5 Å². The van der Waals surface area contributed by atoms with Crippen LogP contribution in [-0.2, 0) is 15.0 Å². The van der Waals surface area contributed by atoms with Crippen molar-refractivity contribution < 1.29 is 9.47 Å². The van der Waals surface area contributed by atoms with E-state index in [0.717, 1.165) is 18.4 Å². The fourth-order valence-electron chi connectivity index (χ4n) is 2.65. The van der Waals surface area contributed by atoms with Gasteiger partial charge in [0.15, 0.2) is 5.54 Å². The normalized spacial score (nSPS) is 29.4. The Balaban J connectivity index is 1.99. The lowest BCUT2D eigenvalue weighted by Crippen LogP contribution is -2.43.